The number of carbonyl (C=O) groups excluding carboxylic acids is 1. The Morgan fingerprint density at radius 3 is 2.35 bits per heavy atom. The molecule has 0 aromatic heterocycles. The van der Waals surface area contributed by atoms with Gasteiger partial charge in [0, 0.05) is 13.1 Å². The van der Waals surface area contributed by atoms with Crippen LogP contribution in [0.1, 0.15) is 33.3 Å². The Labute approximate surface area is 121 Å². The van der Waals surface area contributed by atoms with E-state index in [1.54, 1.807) is 0 Å². The lowest BCUT2D eigenvalue weighted by Gasteiger charge is -2.11. The standard InChI is InChI=1S/C16H26N2O2/c1-12(2)9-18-16(19)11-17-10-14-5-7-15(8-6-14)20-13(3)4/h5-8,12-13,17H,9-11H2,1-4H3,(H,18,19). The van der Waals surface area contributed by atoms with Crippen LogP contribution >= 0.6 is 0 Å². The van der Waals surface area contributed by atoms with Crippen LogP contribution in [0.4, 0.5) is 0 Å². The molecule has 1 aromatic carbocycles. The van der Waals surface area contributed by atoms with Crippen LogP contribution in [0.3, 0.4) is 0 Å². The Bertz CT molecular complexity index is 399. The molecule has 0 bridgehead atoms. The molecule has 0 aliphatic heterocycles. The van der Waals surface area contributed by atoms with Crippen molar-refractivity contribution in [3.05, 3.63) is 29.8 Å². The molecule has 0 unspecified atom stereocenters. The fourth-order valence-electron chi connectivity index (χ4n) is 1.66. The minimum Gasteiger partial charge on any atom is -0.491 e. The molecule has 0 saturated carbocycles. The van der Waals surface area contributed by atoms with E-state index in [1.165, 1.54) is 0 Å². The number of amides is 1. The van der Waals surface area contributed by atoms with E-state index < -0.39 is 0 Å². The molecular formula is C16H26N2O2. The van der Waals surface area contributed by atoms with Crippen LogP contribution in [-0.2, 0) is 11.3 Å². The summed E-state index contributed by atoms with van der Waals surface area (Å²) in [6.45, 7) is 9.91. The Morgan fingerprint density at radius 1 is 1.15 bits per heavy atom. The van der Waals surface area contributed by atoms with E-state index >= 15 is 0 Å². The summed E-state index contributed by atoms with van der Waals surface area (Å²) in [5.41, 5.74) is 1.14. The van der Waals surface area contributed by atoms with Crippen molar-refractivity contribution < 1.29 is 9.53 Å². The minimum atomic E-state index is 0.0402. The van der Waals surface area contributed by atoms with Gasteiger partial charge in [0.2, 0.25) is 5.91 Å². The first-order valence-electron chi connectivity index (χ1n) is 7.20. The van der Waals surface area contributed by atoms with Gasteiger partial charge in [0.1, 0.15) is 5.75 Å². The SMILES string of the molecule is CC(C)CNC(=O)CNCc1ccc(OC(C)C)cc1. The average molecular weight is 278 g/mol. The van der Waals surface area contributed by atoms with E-state index in [1.807, 2.05) is 38.1 Å². The van der Waals surface area contributed by atoms with Crippen LogP contribution < -0.4 is 15.4 Å². The van der Waals surface area contributed by atoms with Crippen LogP contribution in [0.2, 0.25) is 0 Å². The third kappa shape index (κ3) is 7.14. The molecule has 20 heavy (non-hydrogen) atoms. The number of carbonyl (C=O) groups is 1. The maximum absolute atomic E-state index is 11.5. The number of ether oxygens (including phenoxy) is 1. The van der Waals surface area contributed by atoms with Crippen LogP contribution in [0, 0.1) is 5.92 Å². The number of hydrogen-bond acceptors (Lipinski definition) is 3. The monoisotopic (exact) mass is 278 g/mol. The average Bonchev–Trinajstić information content (AvgIpc) is 2.38. The van der Waals surface area contributed by atoms with E-state index in [0.29, 0.717) is 19.0 Å². The molecule has 0 spiro atoms. The Morgan fingerprint density at radius 2 is 1.80 bits per heavy atom. The largest absolute Gasteiger partial charge is 0.491 e. The molecule has 0 fully saturated rings. The quantitative estimate of drug-likeness (QED) is 0.767. The van der Waals surface area contributed by atoms with E-state index in [4.69, 9.17) is 4.74 Å². The second-order valence-corrected chi connectivity index (χ2v) is 5.61. The summed E-state index contributed by atoms with van der Waals surface area (Å²) in [5, 5.41) is 6.01. The highest BCUT2D eigenvalue weighted by Crippen LogP contribution is 2.13. The zero-order valence-electron chi connectivity index (χ0n) is 12.9. The molecule has 0 radical (unpaired) electrons. The molecule has 4 nitrogen and oxygen atoms in total. The van der Waals surface area contributed by atoms with Crippen molar-refractivity contribution in [3.63, 3.8) is 0 Å². The maximum Gasteiger partial charge on any atom is 0.233 e. The Hall–Kier alpha value is -1.55. The summed E-state index contributed by atoms with van der Waals surface area (Å²) in [5.74, 6) is 1.39. The summed E-state index contributed by atoms with van der Waals surface area (Å²) in [6.07, 6.45) is 0.184. The predicted molar refractivity (Wildman–Crippen MR) is 81.8 cm³/mol. The van der Waals surface area contributed by atoms with Gasteiger partial charge in [0.05, 0.1) is 12.6 Å². The van der Waals surface area contributed by atoms with E-state index in [2.05, 4.69) is 24.5 Å². The third-order valence-electron chi connectivity index (χ3n) is 2.62. The Balaban J connectivity index is 2.26. The zero-order chi connectivity index (χ0) is 15.0. The fourth-order valence-corrected chi connectivity index (χ4v) is 1.66. The minimum absolute atomic E-state index is 0.0402. The zero-order valence-corrected chi connectivity index (χ0v) is 12.9. The topological polar surface area (TPSA) is 50.4 Å². The molecule has 112 valence electrons. The lowest BCUT2D eigenvalue weighted by atomic mass is 10.2. The van der Waals surface area contributed by atoms with Crippen LogP contribution in [0.15, 0.2) is 24.3 Å². The van der Waals surface area contributed by atoms with Gasteiger partial charge < -0.3 is 15.4 Å². The van der Waals surface area contributed by atoms with Gasteiger partial charge in [-0.25, -0.2) is 0 Å². The van der Waals surface area contributed by atoms with E-state index in [-0.39, 0.29) is 12.0 Å². The summed E-state index contributed by atoms with van der Waals surface area (Å²) in [6, 6.07) is 7.93. The van der Waals surface area contributed by atoms with Gasteiger partial charge in [-0.05, 0) is 37.5 Å². The summed E-state index contributed by atoms with van der Waals surface area (Å²) in [4.78, 5) is 11.5. The molecule has 0 aliphatic carbocycles. The van der Waals surface area contributed by atoms with Gasteiger partial charge in [0.15, 0.2) is 0 Å². The summed E-state index contributed by atoms with van der Waals surface area (Å²) >= 11 is 0. The van der Waals surface area contributed by atoms with Gasteiger partial charge in [0.25, 0.3) is 0 Å². The lowest BCUT2D eigenvalue weighted by Crippen LogP contribution is -2.35. The van der Waals surface area contributed by atoms with Crippen molar-refractivity contribution in [1.29, 1.82) is 0 Å². The van der Waals surface area contributed by atoms with Crippen molar-refractivity contribution in [2.45, 2.75) is 40.3 Å². The molecule has 1 aromatic rings. The van der Waals surface area contributed by atoms with Crippen molar-refractivity contribution >= 4 is 5.91 Å². The number of rotatable bonds is 8. The van der Waals surface area contributed by atoms with Gasteiger partial charge in [-0.3, -0.25) is 4.79 Å². The number of benzene rings is 1. The van der Waals surface area contributed by atoms with Gasteiger partial charge in [-0.1, -0.05) is 26.0 Å². The Kier molecular flexibility index (Phi) is 7.09. The molecule has 0 atom stereocenters. The molecule has 4 heteroatoms. The summed E-state index contributed by atoms with van der Waals surface area (Å²) in [7, 11) is 0. The van der Waals surface area contributed by atoms with E-state index in [9.17, 15) is 4.79 Å². The van der Waals surface area contributed by atoms with Crippen molar-refractivity contribution in [2.75, 3.05) is 13.1 Å². The van der Waals surface area contributed by atoms with Gasteiger partial charge in [-0.15, -0.1) is 0 Å². The van der Waals surface area contributed by atoms with Gasteiger partial charge >= 0.3 is 0 Å². The normalized spacial score (nSPS) is 10.9. The second-order valence-electron chi connectivity index (χ2n) is 5.61. The highest BCUT2D eigenvalue weighted by atomic mass is 16.5. The lowest BCUT2D eigenvalue weighted by molar-refractivity contribution is -0.120. The maximum atomic E-state index is 11.5. The molecule has 0 heterocycles. The van der Waals surface area contributed by atoms with Crippen molar-refractivity contribution in [1.82, 2.24) is 10.6 Å². The second kappa shape index (κ2) is 8.59. The third-order valence-corrected chi connectivity index (χ3v) is 2.62. The smallest absolute Gasteiger partial charge is 0.233 e. The molecule has 0 aliphatic rings. The molecule has 2 N–H and O–H groups in total. The number of nitrogens with one attached hydrogen (secondary N) is 2. The fraction of sp³-hybridized carbons (Fsp3) is 0.562. The predicted octanol–water partition coefficient (Wildman–Crippen LogP) is 2.34. The molecule has 1 rings (SSSR count). The number of hydrogen-bond donors (Lipinski definition) is 2. The van der Waals surface area contributed by atoms with Crippen LogP contribution in [0.25, 0.3) is 0 Å². The van der Waals surface area contributed by atoms with Gasteiger partial charge in [-0.2, -0.15) is 0 Å². The summed E-state index contributed by atoms with van der Waals surface area (Å²) < 4.78 is 5.58. The van der Waals surface area contributed by atoms with Crippen molar-refractivity contribution in [3.8, 4) is 5.75 Å². The highest BCUT2D eigenvalue weighted by molar-refractivity contribution is 5.77. The van der Waals surface area contributed by atoms with Crippen LogP contribution in [-0.4, -0.2) is 25.1 Å². The molecular weight excluding hydrogens is 252 g/mol. The molecule has 1 amide bonds. The van der Waals surface area contributed by atoms with Crippen LogP contribution in [0.5, 0.6) is 5.75 Å². The molecule has 0 saturated heterocycles. The first kappa shape index (κ1) is 16.5. The highest BCUT2D eigenvalue weighted by Gasteiger charge is 2.02. The first-order chi connectivity index (χ1) is 9.47. The van der Waals surface area contributed by atoms with Crippen molar-refractivity contribution in [2.24, 2.45) is 5.92 Å². The first-order valence-corrected chi connectivity index (χ1v) is 7.20. The van der Waals surface area contributed by atoms with E-state index in [0.717, 1.165) is 17.9 Å².